The second-order valence-electron chi connectivity index (χ2n) is 4.15. The number of aromatic nitrogens is 2. The maximum absolute atomic E-state index is 5.80. The highest BCUT2D eigenvalue weighted by Crippen LogP contribution is 2.33. The van der Waals surface area contributed by atoms with Gasteiger partial charge in [-0.25, -0.2) is 0 Å². The molecule has 0 aliphatic carbocycles. The predicted octanol–water partition coefficient (Wildman–Crippen LogP) is 2.92. The van der Waals surface area contributed by atoms with Crippen molar-refractivity contribution in [3.05, 3.63) is 54.1 Å². The van der Waals surface area contributed by atoms with Gasteiger partial charge in [-0.05, 0) is 18.2 Å². The summed E-state index contributed by atoms with van der Waals surface area (Å²) in [5.41, 5.74) is 3.26. The van der Waals surface area contributed by atoms with Gasteiger partial charge in [0.1, 0.15) is 6.61 Å². The van der Waals surface area contributed by atoms with E-state index in [0.29, 0.717) is 6.61 Å². The van der Waals surface area contributed by atoms with Crippen LogP contribution in [0.4, 0.5) is 0 Å². The highest BCUT2D eigenvalue weighted by Gasteiger charge is 2.20. The van der Waals surface area contributed by atoms with Gasteiger partial charge in [0.05, 0.1) is 16.6 Å². The lowest BCUT2D eigenvalue weighted by Crippen LogP contribution is -2.12. The molecular formula is C14H10N2O. The molecule has 0 amide bonds. The summed E-state index contributed by atoms with van der Waals surface area (Å²) >= 11 is 0. The van der Waals surface area contributed by atoms with Gasteiger partial charge in [0, 0.05) is 5.56 Å². The van der Waals surface area contributed by atoms with E-state index >= 15 is 0 Å². The van der Waals surface area contributed by atoms with Crippen molar-refractivity contribution in [2.24, 2.45) is 0 Å². The minimum atomic E-state index is 0.617. The first-order valence-corrected chi connectivity index (χ1v) is 5.62. The van der Waals surface area contributed by atoms with Crippen LogP contribution < -0.4 is 4.74 Å². The molecule has 0 unspecified atom stereocenters. The Balaban J connectivity index is 2.10. The Bertz CT molecular complexity index is 715. The molecule has 17 heavy (non-hydrogen) atoms. The smallest absolute Gasteiger partial charge is 0.225 e. The van der Waals surface area contributed by atoms with Crippen LogP contribution in [-0.4, -0.2) is 9.78 Å². The van der Waals surface area contributed by atoms with Crippen LogP contribution in [0.2, 0.25) is 0 Å². The molecule has 1 aliphatic rings. The SMILES string of the molecule is c1ccc2c(c1)COc1c3ccccc3nn1-2. The second-order valence-corrected chi connectivity index (χ2v) is 4.15. The standard InChI is InChI=1S/C14H10N2O/c1-4-8-13-10(5-1)9-17-14-11-6-2-3-7-12(11)15-16(13)14/h1-8H,9H2. The van der Waals surface area contributed by atoms with E-state index in [0.717, 1.165) is 22.5 Å². The summed E-state index contributed by atoms with van der Waals surface area (Å²) in [6.45, 7) is 0.617. The molecule has 3 aromatic rings. The molecular weight excluding hydrogens is 212 g/mol. The average molecular weight is 222 g/mol. The largest absolute Gasteiger partial charge is 0.472 e. The van der Waals surface area contributed by atoms with Crippen LogP contribution in [0.3, 0.4) is 0 Å². The third-order valence-corrected chi connectivity index (χ3v) is 3.12. The van der Waals surface area contributed by atoms with Gasteiger partial charge in [0.15, 0.2) is 0 Å². The lowest BCUT2D eigenvalue weighted by atomic mass is 10.1. The van der Waals surface area contributed by atoms with Crippen LogP contribution in [-0.2, 0) is 6.61 Å². The van der Waals surface area contributed by atoms with Gasteiger partial charge in [-0.3, -0.25) is 0 Å². The molecule has 2 heterocycles. The van der Waals surface area contributed by atoms with Crippen molar-refractivity contribution in [2.45, 2.75) is 6.61 Å². The summed E-state index contributed by atoms with van der Waals surface area (Å²) in [7, 11) is 0. The molecule has 0 fully saturated rings. The number of rotatable bonds is 0. The van der Waals surface area contributed by atoms with Crippen molar-refractivity contribution in [3.8, 4) is 11.6 Å². The Morgan fingerprint density at radius 2 is 1.82 bits per heavy atom. The summed E-state index contributed by atoms with van der Waals surface area (Å²) < 4.78 is 7.70. The molecule has 0 N–H and O–H groups in total. The van der Waals surface area contributed by atoms with Crippen LogP contribution in [0.1, 0.15) is 5.56 Å². The van der Waals surface area contributed by atoms with Crippen LogP contribution in [0.25, 0.3) is 16.6 Å². The van der Waals surface area contributed by atoms with Gasteiger partial charge >= 0.3 is 0 Å². The fraction of sp³-hybridized carbons (Fsp3) is 0.0714. The Morgan fingerprint density at radius 1 is 1.00 bits per heavy atom. The van der Waals surface area contributed by atoms with Gasteiger partial charge in [-0.15, -0.1) is 0 Å². The zero-order chi connectivity index (χ0) is 11.2. The van der Waals surface area contributed by atoms with Gasteiger partial charge in [0.25, 0.3) is 0 Å². The first-order valence-electron chi connectivity index (χ1n) is 5.62. The summed E-state index contributed by atoms with van der Waals surface area (Å²) in [5, 5.41) is 5.66. The predicted molar refractivity (Wildman–Crippen MR) is 65.4 cm³/mol. The Labute approximate surface area is 98.3 Å². The molecule has 0 bridgehead atoms. The minimum absolute atomic E-state index is 0.617. The highest BCUT2D eigenvalue weighted by atomic mass is 16.5. The number of nitrogens with zero attached hydrogens (tertiary/aromatic N) is 2. The highest BCUT2D eigenvalue weighted by molar-refractivity contribution is 5.85. The molecule has 0 atom stereocenters. The van der Waals surface area contributed by atoms with E-state index in [-0.39, 0.29) is 0 Å². The normalized spacial score (nSPS) is 12.9. The molecule has 0 radical (unpaired) electrons. The monoisotopic (exact) mass is 222 g/mol. The van der Waals surface area contributed by atoms with Gasteiger partial charge in [-0.2, -0.15) is 9.78 Å². The molecule has 0 saturated heterocycles. The molecule has 2 aromatic carbocycles. The minimum Gasteiger partial charge on any atom is -0.472 e. The zero-order valence-electron chi connectivity index (χ0n) is 9.13. The maximum Gasteiger partial charge on any atom is 0.225 e. The Morgan fingerprint density at radius 3 is 2.82 bits per heavy atom. The quantitative estimate of drug-likeness (QED) is 0.584. The summed E-state index contributed by atoms with van der Waals surface area (Å²) in [4.78, 5) is 0. The number of benzene rings is 2. The van der Waals surface area contributed by atoms with E-state index in [1.165, 1.54) is 5.56 Å². The second kappa shape index (κ2) is 3.10. The van der Waals surface area contributed by atoms with Crippen molar-refractivity contribution in [1.82, 2.24) is 9.78 Å². The zero-order valence-corrected chi connectivity index (χ0v) is 9.13. The van der Waals surface area contributed by atoms with E-state index in [1.807, 2.05) is 41.1 Å². The number of hydrogen-bond acceptors (Lipinski definition) is 2. The third-order valence-electron chi connectivity index (χ3n) is 3.12. The van der Waals surface area contributed by atoms with Crippen molar-refractivity contribution >= 4 is 10.9 Å². The molecule has 1 aromatic heterocycles. The number of hydrogen-bond donors (Lipinski definition) is 0. The van der Waals surface area contributed by atoms with E-state index in [1.54, 1.807) is 0 Å². The molecule has 0 spiro atoms. The first-order chi connectivity index (χ1) is 8.43. The average Bonchev–Trinajstić information content (AvgIpc) is 2.78. The fourth-order valence-electron chi connectivity index (χ4n) is 2.30. The van der Waals surface area contributed by atoms with E-state index in [4.69, 9.17) is 4.74 Å². The van der Waals surface area contributed by atoms with Crippen LogP contribution in [0.5, 0.6) is 5.88 Å². The molecule has 3 heteroatoms. The maximum atomic E-state index is 5.80. The van der Waals surface area contributed by atoms with Crippen molar-refractivity contribution in [3.63, 3.8) is 0 Å². The van der Waals surface area contributed by atoms with E-state index < -0.39 is 0 Å². The van der Waals surface area contributed by atoms with Gasteiger partial charge in [0.2, 0.25) is 5.88 Å². The molecule has 82 valence electrons. The molecule has 0 saturated carbocycles. The Kier molecular flexibility index (Phi) is 1.61. The summed E-state index contributed by atoms with van der Waals surface area (Å²) in [6.07, 6.45) is 0. The Hall–Kier alpha value is -2.29. The topological polar surface area (TPSA) is 27.1 Å². The fourth-order valence-corrected chi connectivity index (χ4v) is 2.30. The molecule has 1 aliphatic heterocycles. The van der Waals surface area contributed by atoms with Gasteiger partial charge < -0.3 is 4.74 Å². The van der Waals surface area contributed by atoms with Crippen molar-refractivity contribution in [1.29, 1.82) is 0 Å². The van der Waals surface area contributed by atoms with E-state index in [9.17, 15) is 0 Å². The summed E-state index contributed by atoms with van der Waals surface area (Å²) in [6, 6.07) is 16.3. The number of fused-ring (bicyclic) bond motifs is 5. The first kappa shape index (κ1) is 8.82. The van der Waals surface area contributed by atoms with Crippen molar-refractivity contribution < 1.29 is 4.74 Å². The van der Waals surface area contributed by atoms with E-state index in [2.05, 4.69) is 17.2 Å². The van der Waals surface area contributed by atoms with Crippen LogP contribution in [0.15, 0.2) is 48.5 Å². The lowest BCUT2D eigenvalue weighted by molar-refractivity contribution is 0.274. The number of ether oxygens (including phenoxy) is 1. The third kappa shape index (κ3) is 1.13. The number of para-hydroxylation sites is 1. The molecule has 3 nitrogen and oxygen atoms in total. The molecule has 4 rings (SSSR count). The van der Waals surface area contributed by atoms with Crippen molar-refractivity contribution in [2.75, 3.05) is 0 Å². The van der Waals surface area contributed by atoms with Crippen LogP contribution >= 0.6 is 0 Å². The van der Waals surface area contributed by atoms with Gasteiger partial charge in [-0.1, -0.05) is 30.3 Å². The summed E-state index contributed by atoms with van der Waals surface area (Å²) in [5.74, 6) is 0.847. The van der Waals surface area contributed by atoms with Crippen LogP contribution in [0, 0.1) is 0 Å². The lowest BCUT2D eigenvalue weighted by Gasteiger charge is -2.18.